The third-order valence-electron chi connectivity index (χ3n) is 4.85. The molecule has 3 aromatic rings. The number of anilines is 1. The molecule has 1 amide bonds. The largest absolute Gasteiger partial charge is 0.322 e. The van der Waals surface area contributed by atoms with Crippen molar-refractivity contribution < 1.29 is 4.79 Å². The summed E-state index contributed by atoms with van der Waals surface area (Å²) in [6.07, 6.45) is 3.42. The monoisotopic (exact) mass is 413 g/mol. The lowest BCUT2D eigenvalue weighted by molar-refractivity contribution is -0.115. The highest BCUT2D eigenvalue weighted by molar-refractivity contribution is 8.00. The summed E-state index contributed by atoms with van der Waals surface area (Å²) in [4.78, 5) is 12.7. The minimum absolute atomic E-state index is 0.112. The number of carbonyl (C=O) groups is 1. The van der Waals surface area contributed by atoms with Crippen molar-refractivity contribution in [3.05, 3.63) is 41.2 Å². The highest BCUT2D eigenvalue weighted by Gasteiger charge is 2.21. The molecule has 0 radical (unpaired) electrons. The highest BCUT2D eigenvalue weighted by Crippen LogP contribution is 2.25. The summed E-state index contributed by atoms with van der Waals surface area (Å²) in [5.74, 6) is -0.112. The molecular formula is C20H27N7OS. The fourth-order valence-corrected chi connectivity index (χ4v) is 3.80. The summed E-state index contributed by atoms with van der Waals surface area (Å²) in [6, 6.07) is 8.23. The second-order valence-corrected chi connectivity index (χ2v) is 8.37. The molecule has 154 valence electrons. The molecule has 0 spiro atoms. The van der Waals surface area contributed by atoms with Crippen LogP contribution in [0.25, 0.3) is 5.69 Å². The van der Waals surface area contributed by atoms with Crippen LogP contribution in [-0.4, -0.2) is 41.1 Å². The van der Waals surface area contributed by atoms with E-state index < -0.39 is 0 Å². The van der Waals surface area contributed by atoms with Gasteiger partial charge < -0.3 is 5.32 Å². The number of benzene rings is 1. The lowest BCUT2D eigenvalue weighted by atomic mass is 10.1. The molecule has 1 aromatic carbocycles. The first-order valence-corrected chi connectivity index (χ1v) is 10.6. The van der Waals surface area contributed by atoms with E-state index in [1.54, 1.807) is 9.36 Å². The quantitative estimate of drug-likeness (QED) is 0.569. The van der Waals surface area contributed by atoms with Crippen LogP contribution in [0.2, 0.25) is 0 Å². The predicted molar refractivity (Wildman–Crippen MR) is 114 cm³/mol. The van der Waals surface area contributed by atoms with Gasteiger partial charge in [0.15, 0.2) is 0 Å². The summed E-state index contributed by atoms with van der Waals surface area (Å²) in [7, 11) is 1.86. The highest BCUT2D eigenvalue weighted by atomic mass is 32.2. The number of nitrogens with one attached hydrogen (secondary N) is 1. The number of rotatable bonds is 8. The van der Waals surface area contributed by atoms with E-state index in [1.807, 2.05) is 40.0 Å². The molecule has 0 aliphatic rings. The number of thioether (sulfide) groups is 1. The molecule has 0 saturated heterocycles. The Morgan fingerprint density at radius 1 is 1.24 bits per heavy atom. The van der Waals surface area contributed by atoms with Crippen molar-refractivity contribution in [2.24, 2.45) is 7.05 Å². The lowest BCUT2D eigenvalue weighted by Crippen LogP contribution is -2.23. The van der Waals surface area contributed by atoms with Crippen molar-refractivity contribution in [2.45, 2.75) is 57.4 Å². The Morgan fingerprint density at radius 2 is 1.97 bits per heavy atom. The van der Waals surface area contributed by atoms with Crippen LogP contribution in [0.3, 0.4) is 0 Å². The van der Waals surface area contributed by atoms with Gasteiger partial charge >= 0.3 is 0 Å². The molecule has 1 atom stereocenters. The van der Waals surface area contributed by atoms with Crippen LogP contribution in [0, 0.1) is 13.8 Å². The van der Waals surface area contributed by atoms with Crippen LogP contribution >= 0.6 is 11.8 Å². The second kappa shape index (κ2) is 9.21. The number of tetrazole rings is 1. The van der Waals surface area contributed by atoms with Crippen LogP contribution in [0.5, 0.6) is 0 Å². The summed E-state index contributed by atoms with van der Waals surface area (Å²) >= 11 is 1.32. The zero-order valence-electron chi connectivity index (χ0n) is 17.5. The number of hydrogen-bond acceptors (Lipinski definition) is 6. The fourth-order valence-electron chi connectivity index (χ4n) is 2.99. The molecule has 8 nitrogen and oxygen atoms in total. The molecule has 9 heteroatoms. The number of carbonyl (C=O) groups excluding carboxylic acids is 1. The molecule has 0 fully saturated rings. The maximum absolute atomic E-state index is 12.7. The minimum atomic E-state index is -0.373. The average molecular weight is 414 g/mol. The van der Waals surface area contributed by atoms with E-state index in [2.05, 4.69) is 45.0 Å². The van der Waals surface area contributed by atoms with Crippen LogP contribution in [0.15, 0.2) is 29.4 Å². The van der Waals surface area contributed by atoms with Crippen LogP contribution in [0.1, 0.15) is 43.6 Å². The van der Waals surface area contributed by atoms with Gasteiger partial charge in [0, 0.05) is 7.05 Å². The van der Waals surface area contributed by atoms with Crippen molar-refractivity contribution in [2.75, 3.05) is 5.32 Å². The summed E-state index contributed by atoms with van der Waals surface area (Å²) in [6.45, 7) is 7.84. The van der Waals surface area contributed by atoms with Gasteiger partial charge in [-0.1, -0.05) is 37.2 Å². The first-order valence-electron chi connectivity index (χ1n) is 9.76. The van der Waals surface area contributed by atoms with Crippen LogP contribution in [-0.2, 0) is 18.3 Å². The van der Waals surface area contributed by atoms with E-state index in [-0.39, 0.29) is 11.2 Å². The molecule has 0 saturated carbocycles. The van der Waals surface area contributed by atoms with Gasteiger partial charge in [-0.15, -0.1) is 5.10 Å². The van der Waals surface area contributed by atoms with Gasteiger partial charge in [0.25, 0.3) is 0 Å². The zero-order chi connectivity index (χ0) is 21.0. The Morgan fingerprint density at radius 3 is 2.59 bits per heavy atom. The third-order valence-corrected chi connectivity index (χ3v) is 5.88. The van der Waals surface area contributed by atoms with E-state index >= 15 is 0 Å². The minimum Gasteiger partial charge on any atom is -0.322 e. The predicted octanol–water partition coefficient (Wildman–Crippen LogP) is 3.47. The number of unbranched alkanes of at least 4 members (excludes halogenated alkanes) is 1. The van der Waals surface area contributed by atoms with Crippen molar-refractivity contribution in [3.63, 3.8) is 0 Å². The van der Waals surface area contributed by atoms with E-state index in [1.165, 1.54) is 30.2 Å². The van der Waals surface area contributed by atoms with Gasteiger partial charge in [0.05, 0.1) is 28.0 Å². The van der Waals surface area contributed by atoms with Crippen LogP contribution in [0.4, 0.5) is 5.69 Å². The van der Waals surface area contributed by atoms with Crippen molar-refractivity contribution in [1.29, 1.82) is 0 Å². The molecule has 3 rings (SSSR count). The molecule has 0 aliphatic carbocycles. The summed E-state index contributed by atoms with van der Waals surface area (Å²) in [5.41, 5.74) is 4.65. The van der Waals surface area contributed by atoms with Crippen molar-refractivity contribution in [3.8, 4) is 5.69 Å². The van der Waals surface area contributed by atoms with Gasteiger partial charge in [0.2, 0.25) is 11.1 Å². The van der Waals surface area contributed by atoms with Crippen LogP contribution < -0.4 is 5.32 Å². The Kier molecular flexibility index (Phi) is 6.68. The smallest absolute Gasteiger partial charge is 0.237 e. The van der Waals surface area contributed by atoms with Gasteiger partial charge in [-0.05, 0) is 61.7 Å². The van der Waals surface area contributed by atoms with Crippen molar-refractivity contribution >= 4 is 23.4 Å². The molecule has 2 heterocycles. The second-order valence-electron chi connectivity index (χ2n) is 7.06. The topological polar surface area (TPSA) is 90.5 Å². The molecule has 2 aromatic heterocycles. The van der Waals surface area contributed by atoms with E-state index in [4.69, 9.17) is 0 Å². The Hall–Kier alpha value is -2.68. The SMILES string of the molecule is CCCCc1ccc(-n2nnnc2S[C@@H](C)C(=O)Nc2c(C)nn(C)c2C)cc1. The van der Waals surface area contributed by atoms with Crippen molar-refractivity contribution in [1.82, 2.24) is 30.0 Å². The maximum atomic E-state index is 12.7. The fraction of sp³-hybridized carbons (Fsp3) is 0.450. The molecule has 0 aliphatic heterocycles. The Labute approximate surface area is 175 Å². The average Bonchev–Trinajstić information content (AvgIpc) is 3.26. The van der Waals surface area contributed by atoms with Gasteiger partial charge in [0.1, 0.15) is 0 Å². The maximum Gasteiger partial charge on any atom is 0.237 e. The number of hydrogen-bond donors (Lipinski definition) is 1. The van der Waals surface area contributed by atoms with Gasteiger partial charge in [-0.3, -0.25) is 9.48 Å². The number of aryl methyl sites for hydroxylation is 3. The number of aromatic nitrogens is 6. The first-order chi connectivity index (χ1) is 13.9. The molecule has 0 unspecified atom stereocenters. The zero-order valence-corrected chi connectivity index (χ0v) is 18.3. The molecule has 0 bridgehead atoms. The third kappa shape index (κ3) is 4.84. The van der Waals surface area contributed by atoms with E-state index in [0.717, 1.165) is 29.2 Å². The normalized spacial score (nSPS) is 12.2. The van der Waals surface area contributed by atoms with E-state index in [0.29, 0.717) is 5.16 Å². The standard InChI is InChI=1S/C20H27N7OS/c1-6-7-8-16-9-11-17(12-10-16)27-20(22-24-25-27)29-15(4)19(28)21-18-13(2)23-26(5)14(18)3/h9-12,15H,6-8H2,1-5H3,(H,21,28)/t15-/m0/s1. The lowest BCUT2D eigenvalue weighted by Gasteiger charge is -2.12. The molecular weight excluding hydrogens is 386 g/mol. The Balaban J connectivity index is 1.69. The molecule has 1 N–H and O–H groups in total. The molecule has 29 heavy (non-hydrogen) atoms. The summed E-state index contributed by atoms with van der Waals surface area (Å²) in [5, 5.41) is 19.5. The Bertz CT molecular complexity index is 977. The first kappa shape index (κ1) is 21.0. The van der Waals surface area contributed by atoms with E-state index in [9.17, 15) is 4.79 Å². The van der Waals surface area contributed by atoms with Gasteiger partial charge in [-0.25, -0.2) is 0 Å². The number of amides is 1. The summed E-state index contributed by atoms with van der Waals surface area (Å²) < 4.78 is 3.42. The number of nitrogens with zero attached hydrogens (tertiary/aromatic N) is 6. The van der Waals surface area contributed by atoms with Gasteiger partial charge in [-0.2, -0.15) is 9.78 Å².